The largest absolute Gasteiger partial charge is 0.357 e. The third-order valence-corrected chi connectivity index (χ3v) is 4.01. The molecule has 1 atom stereocenters. The molecule has 1 aliphatic heterocycles. The molecular formula is C14H24N2O3. The first-order valence-corrected chi connectivity index (χ1v) is 6.92. The van der Waals surface area contributed by atoms with Gasteiger partial charge in [-0.05, 0) is 25.7 Å². The first kappa shape index (κ1) is 15.7. The standard InChI is InChI=1S/C14H24N2O3/c1-5-14(2,3)11(17)13(19)16-9-7-6-8-10(16)12(18)15-4/h10H,5-9H2,1-4H3,(H,15,18). The zero-order chi connectivity index (χ0) is 14.6. The molecule has 5 heteroatoms. The number of rotatable bonds is 4. The smallest absolute Gasteiger partial charge is 0.291 e. The van der Waals surface area contributed by atoms with Gasteiger partial charge in [-0.1, -0.05) is 20.8 Å². The maximum atomic E-state index is 12.3. The average Bonchev–Trinajstić information content (AvgIpc) is 2.44. The second kappa shape index (κ2) is 6.17. The molecule has 2 amide bonds. The first-order chi connectivity index (χ1) is 8.85. The number of piperidine rings is 1. The van der Waals surface area contributed by atoms with Gasteiger partial charge in [0, 0.05) is 19.0 Å². The van der Waals surface area contributed by atoms with E-state index in [1.807, 2.05) is 6.92 Å². The lowest BCUT2D eigenvalue weighted by Gasteiger charge is -2.35. The summed E-state index contributed by atoms with van der Waals surface area (Å²) in [6.07, 6.45) is 2.99. The lowest BCUT2D eigenvalue weighted by molar-refractivity contribution is -0.153. The van der Waals surface area contributed by atoms with Crippen LogP contribution >= 0.6 is 0 Å². The van der Waals surface area contributed by atoms with Crippen LogP contribution in [0.25, 0.3) is 0 Å². The Kier molecular flexibility index (Phi) is 5.09. The van der Waals surface area contributed by atoms with Crippen LogP contribution in [0.15, 0.2) is 0 Å². The normalized spacial score (nSPS) is 20.0. The molecule has 0 aliphatic carbocycles. The van der Waals surface area contributed by atoms with Gasteiger partial charge in [-0.2, -0.15) is 0 Å². The van der Waals surface area contributed by atoms with Gasteiger partial charge in [-0.15, -0.1) is 0 Å². The van der Waals surface area contributed by atoms with E-state index in [2.05, 4.69) is 5.32 Å². The third-order valence-electron chi connectivity index (χ3n) is 4.01. The molecule has 0 radical (unpaired) electrons. The van der Waals surface area contributed by atoms with Crippen LogP contribution < -0.4 is 5.32 Å². The van der Waals surface area contributed by atoms with E-state index in [1.165, 1.54) is 4.90 Å². The van der Waals surface area contributed by atoms with Crippen LogP contribution in [-0.4, -0.2) is 42.1 Å². The van der Waals surface area contributed by atoms with Crippen molar-refractivity contribution in [2.24, 2.45) is 5.41 Å². The van der Waals surface area contributed by atoms with Gasteiger partial charge >= 0.3 is 0 Å². The summed E-state index contributed by atoms with van der Waals surface area (Å²) in [6.45, 7) is 5.91. The van der Waals surface area contributed by atoms with E-state index in [1.54, 1.807) is 20.9 Å². The van der Waals surface area contributed by atoms with Crippen LogP contribution in [-0.2, 0) is 14.4 Å². The highest BCUT2D eigenvalue weighted by atomic mass is 16.2. The number of Topliss-reactive ketones (excluding diaryl/α,β-unsaturated/α-hetero) is 1. The van der Waals surface area contributed by atoms with Crippen molar-refractivity contribution in [3.63, 3.8) is 0 Å². The fourth-order valence-corrected chi connectivity index (χ4v) is 2.19. The predicted octanol–water partition coefficient (Wildman–Crippen LogP) is 1.12. The Morgan fingerprint density at radius 3 is 2.42 bits per heavy atom. The minimum absolute atomic E-state index is 0.185. The summed E-state index contributed by atoms with van der Waals surface area (Å²) in [5.41, 5.74) is -0.665. The van der Waals surface area contributed by atoms with Crippen LogP contribution in [0.3, 0.4) is 0 Å². The number of amides is 2. The molecule has 5 nitrogen and oxygen atoms in total. The number of hydrogen-bond acceptors (Lipinski definition) is 3. The lowest BCUT2D eigenvalue weighted by Crippen LogP contribution is -2.54. The summed E-state index contributed by atoms with van der Waals surface area (Å²) in [6, 6.07) is -0.497. The van der Waals surface area contributed by atoms with Crippen LogP contribution in [0, 0.1) is 5.41 Å². The van der Waals surface area contributed by atoms with E-state index in [0.29, 0.717) is 19.4 Å². The summed E-state index contributed by atoms with van der Waals surface area (Å²) in [7, 11) is 1.55. The molecule has 19 heavy (non-hydrogen) atoms. The van der Waals surface area contributed by atoms with Crippen molar-refractivity contribution in [1.82, 2.24) is 10.2 Å². The highest BCUT2D eigenvalue weighted by Gasteiger charge is 2.39. The van der Waals surface area contributed by atoms with Gasteiger partial charge in [-0.3, -0.25) is 14.4 Å². The molecule has 1 heterocycles. The number of hydrogen-bond donors (Lipinski definition) is 1. The molecule has 0 spiro atoms. The number of nitrogens with zero attached hydrogens (tertiary/aromatic N) is 1. The monoisotopic (exact) mass is 268 g/mol. The van der Waals surface area contributed by atoms with E-state index in [0.717, 1.165) is 12.8 Å². The van der Waals surface area contributed by atoms with Crippen molar-refractivity contribution in [3.8, 4) is 0 Å². The van der Waals surface area contributed by atoms with Crippen molar-refractivity contribution >= 4 is 17.6 Å². The zero-order valence-corrected chi connectivity index (χ0v) is 12.3. The van der Waals surface area contributed by atoms with Gasteiger partial charge in [0.25, 0.3) is 5.91 Å². The molecule has 0 aromatic heterocycles. The van der Waals surface area contributed by atoms with Crippen LogP contribution in [0.1, 0.15) is 46.5 Å². The molecule has 1 unspecified atom stereocenters. The number of carbonyl (C=O) groups excluding carboxylic acids is 3. The summed E-state index contributed by atoms with van der Waals surface area (Å²) in [4.78, 5) is 37.8. The van der Waals surface area contributed by atoms with Crippen molar-refractivity contribution in [3.05, 3.63) is 0 Å². The Bertz CT molecular complexity index is 377. The Hall–Kier alpha value is -1.39. The van der Waals surface area contributed by atoms with Crippen LogP contribution in [0.5, 0.6) is 0 Å². The van der Waals surface area contributed by atoms with E-state index < -0.39 is 23.1 Å². The third kappa shape index (κ3) is 3.33. The summed E-state index contributed by atoms with van der Waals surface area (Å²) < 4.78 is 0. The number of likely N-dealkylation sites (N-methyl/N-ethyl adjacent to an activating group) is 1. The van der Waals surface area contributed by atoms with Gasteiger partial charge in [0.05, 0.1) is 0 Å². The Morgan fingerprint density at radius 2 is 1.89 bits per heavy atom. The van der Waals surface area contributed by atoms with E-state index in [-0.39, 0.29) is 5.91 Å². The molecule has 1 fully saturated rings. The lowest BCUT2D eigenvalue weighted by atomic mass is 9.84. The topological polar surface area (TPSA) is 66.5 Å². The van der Waals surface area contributed by atoms with Gasteiger partial charge < -0.3 is 10.2 Å². The maximum absolute atomic E-state index is 12.3. The molecule has 0 aromatic carbocycles. The minimum Gasteiger partial charge on any atom is -0.357 e. The molecular weight excluding hydrogens is 244 g/mol. The Morgan fingerprint density at radius 1 is 1.26 bits per heavy atom. The Balaban J connectivity index is 2.89. The number of nitrogens with one attached hydrogen (secondary N) is 1. The summed E-state index contributed by atoms with van der Waals surface area (Å²) in [5, 5.41) is 2.57. The van der Waals surface area contributed by atoms with Crippen LogP contribution in [0.2, 0.25) is 0 Å². The summed E-state index contributed by atoms with van der Waals surface area (Å²) >= 11 is 0. The minimum atomic E-state index is -0.665. The molecule has 1 aliphatic rings. The quantitative estimate of drug-likeness (QED) is 0.777. The van der Waals surface area contributed by atoms with Crippen molar-refractivity contribution in [2.45, 2.75) is 52.5 Å². The Labute approximate surface area is 114 Å². The molecule has 0 bridgehead atoms. The van der Waals surface area contributed by atoms with Gasteiger partial charge in [0.15, 0.2) is 0 Å². The fraction of sp³-hybridized carbons (Fsp3) is 0.786. The van der Waals surface area contributed by atoms with Gasteiger partial charge in [-0.25, -0.2) is 0 Å². The maximum Gasteiger partial charge on any atom is 0.291 e. The first-order valence-electron chi connectivity index (χ1n) is 6.92. The van der Waals surface area contributed by atoms with Crippen molar-refractivity contribution < 1.29 is 14.4 Å². The molecule has 108 valence electrons. The van der Waals surface area contributed by atoms with Crippen LogP contribution in [0.4, 0.5) is 0 Å². The van der Waals surface area contributed by atoms with Gasteiger partial charge in [0.1, 0.15) is 6.04 Å². The summed E-state index contributed by atoms with van der Waals surface area (Å²) in [5.74, 6) is -1.10. The fourth-order valence-electron chi connectivity index (χ4n) is 2.19. The van der Waals surface area contributed by atoms with E-state index >= 15 is 0 Å². The number of likely N-dealkylation sites (tertiary alicyclic amines) is 1. The molecule has 1 saturated heterocycles. The molecule has 1 rings (SSSR count). The highest BCUT2D eigenvalue weighted by Crippen LogP contribution is 2.25. The molecule has 0 aromatic rings. The average molecular weight is 268 g/mol. The number of ketones is 1. The van der Waals surface area contributed by atoms with Crippen molar-refractivity contribution in [1.29, 1.82) is 0 Å². The van der Waals surface area contributed by atoms with Crippen molar-refractivity contribution in [2.75, 3.05) is 13.6 Å². The van der Waals surface area contributed by atoms with E-state index in [9.17, 15) is 14.4 Å². The zero-order valence-electron chi connectivity index (χ0n) is 12.3. The van der Waals surface area contributed by atoms with Gasteiger partial charge in [0.2, 0.25) is 11.7 Å². The molecule has 1 N–H and O–H groups in total. The molecule has 0 saturated carbocycles. The predicted molar refractivity (Wildman–Crippen MR) is 72.5 cm³/mol. The van der Waals surface area contributed by atoms with E-state index in [4.69, 9.17) is 0 Å². The second-order valence-electron chi connectivity index (χ2n) is 5.69. The second-order valence-corrected chi connectivity index (χ2v) is 5.69. The number of carbonyl (C=O) groups is 3. The highest BCUT2D eigenvalue weighted by molar-refractivity contribution is 6.38. The SMILES string of the molecule is CCC(C)(C)C(=O)C(=O)N1CCCCC1C(=O)NC.